The molecule has 7 heteroatoms. The average molecular weight is 393 g/mol. The van der Waals surface area contributed by atoms with E-state index in [4.69, 9.17) is 4.42 Å². The molecule has 0 fully saturated rings. The molecule has 4 aromatic rings. The molecule has 0 bridgehead atoms. The van der Waals surface area contributed by atoms with Gasteiger partial charge in [-0.15, -0.1) is 5.10 Å². The second-order valence-corrected chi connectivity index (χ2v) is 7.43. The number of benzene rings is 2. The molecule has 0 aliphatic carbocycles. The highest BCUT2D eigenvalue weighted by molar-refractivity contribution is 7.98. The first-order chi connectivity index (χ1) is 13.5. The van der Waals surface area contributed by atoms with E-state index in [0.717, 1.165) is 22.9 Å². The van der Waals surface area contributed by atoms with Gasteiger partial charge in [0, 0.05) is 28.3 Å². The number of rotatable bonds is 5. The van der Waals surface area contributed by atoms with Gasteiger partial charge in [-0.25, -0.2) is 9.78 Å². The molecule has 6 nitrogen and oxygen atoms in total. The lowest BCUT2D eigenvalue weighted by Crippen LogP contribution is -2.01. The van der Waals surface area contributed by atoms with Crippen molar-refractivity contribution in [2.75, 3.05) is 0 Å². The van der Waals surface area contributed by atoms with Crippen LogP contribution in [0.25, 0.3) is 22.4 Å². The average Bonchev–Trinajstić information content (AvgIpc) is 3.18. The minimum atomic E-state index is -0.441. The number of phenolic OH excluding ortho intramolecular Hbond substituents is 1. The Hall–Kier alpha value is -3.06. The number of aromatic hydroxyl groups is 1. The van der Waals surface area contributed by atoms with Gasteiger partial charge in [-0.2, -0.15) is 0 Å². The Morgan fingerprint density at radius 3 is 2.71 bits per heavy atom. The van der Waals surface area contributed by atoms with Gasteiger partial charge in [0.25, 0.3) is 0 Å². The van der Waals surface area contributed by atoms with E-state index >= 15 is 0 Å². The molecule has 0 saturated heterocycles. The molecular weight excluding hydrogens is 374 g/mol. The van der Waals surface area contributed by atoms with E-state index in [1.165, 1.54) is 23.4 Å². The zero-order chi connectivity index (χ0) is 19.7. The quantitative estimate of drug-likeness (QED) is 0.384. The first-order valence-corrected chi connectivity index (χ1v) is 9.93. The van der Waals surface area contributed by atoms with E-state index in [1.807, 2.05) is 12.1 Å². The van der Waals surface area contributed by atoms with E-state index in [-0.39, 0.29) is 5.75 Å². The number of nitrogens with zero attached hydrogens (tertiary/aromatic N) is 2. The number of fused-ring (bicyclic) bond motifs is 1. The predicted molar refractivity (Wildman–Crippen MR) is 110 cm³/mol. The van der Waals surface area contributed by atoms with Gasteiger partial charge in [0.2, 0.25) is 5.16 Å². The van der Waals surface area contributed by atoms with Gasteiger partial charge >= 0.3 is 5.63 Å². The Morgan fingerprint density at radius 1 is 1.18 bits per heavy atom. The molecule has 0 aliphatic heterocycles. The van der Waals surface area contributed by atoms with Crippen LogP contribution in [0.4, 0.5) is 0 Å². The van der Waals surface area contributed by atoms with Gasteiger partial charge < -0.3 is 9.52 Å². The molecular formula is C21H19N3O3S. The molecule has 142 valence electrons. The Labute approximate surface area is 165 Å². The molecule has 2 N–H and O–H groups in total. The van der Waals surface area contributed by atoms with Crippen LogP contribution < -0.4 is 5.63 Å². The van der Waals surface area contributed by atoms with Crippen LogP contribution in [-0.4, -0.2) is 20.3 Å². The molecule has 2 heterocycles. The van der Waals surface area contributed by atoms with Crippen molar-refractivity contribution in [1.82, 2.24) is 15.2 Å². The van der Waals surface area contributed by atoms with Crippen LogP contribution in [-0.2, 0) is 12.2 Å². The number of nitrogens with one attached hydrogen (secondary N) is 1. The van der Waals surface area contributed by atoms with E-state index in [0.29, 0.717) is 27.9 Å². The fourth-order valence-electron chi connectivity index (χ4n) is 3.02. The monoisotopic (exact) mass is 393 g/mol. The van der Waals surface area contributed by atoms with Gasteiger partial charge in [-0.1, -0.05) is 43.0 Å². The summed E-state index contributed by atoms with van der Waals surface area (Å²) in [5, 5.41) is 18.5. The topological polar surface area (TPSA) is 92.0 Å². The summed E-state index contributed by atoms with van der Waals surface area (Å²) in [6.07, 6.45) is 0.994. The minimum absolute atomic E-state index is 0.105. The lowest BCUT2D eigenvalue weighted by Gasteiger charge is -2.07. The highest BCUT2D eigenvalue weighted by Crippen LogP contribution is 2.30. The Morgan fingerprint density at radius 2 is 1.96 bits per heavy atom. The molecule has 0 aliphatic rings. The summed E-state index contributed by atoms with van der Waals surface area (Å²) < 4.78 is 5.28. The van der Waals surface area contributed by atoms with E-state index in [2.05, 4.69) is 34.2 Å². The van der Waals surface area contributed by atoms with Gasteiger partial charge in [-0.05, 0) is 36.6 Å². The second-order valence-electron chi connectivity index (χ2n) is 6.48. The first-order valence-electron chi connectivity index (χ1n) is 8.95. The van der Waals surface area contributed by atoms with E-state index < -0.39 is 5.63 Å². The van der Waals surface area contributed by atoms with Crippen molar-refractivity contribution in [2.24, 2.45) is 0 Å². The molecule has 2 aromatic heterocycles. The largest absolute Gasteiger partial charge is 0.508 e. The summed E-state index contributed by atoms with van der Waals surface area (Å²) in [6.45, 7) is 3.85. The fraction of sp³-hybridized carbons (Fsp3) is 0.190. The lowest BCUT2D eigenvalue weighted by atomic mass is 10.1. The summed E-state index contributed by atoms with van der Waals surface area (Å²) in [5.74, 6) is 1.33. The number of H-pyrrole nitrogens is 1. The maximum absolute atomic E-state index is 11.9. The number of hydrogen-bond donors (Lipinski definition) is 2. The van der Waals surface area contributed by atoms with Crippen LogP contribution in [0.5, 0.6) is 5.75 Å². The number of aromatic amines is 1. The van der Waals surface area contributed by atoms with Gasteiger partial charge in [-0.3, -0.25) is 5.10 Å². The van der Waals surface area contributed by atoms with Crippen LogP contribution in [0.3, 0.4) is 0 Å². The Bertz CT molecular complexity index is 1200. The van der Waals surface area contributed by atoms with Crippen LogP contribution in [0.1, 0.15) is 23.6 Å². The third kappa shape index (κ3) is 3.53. The van der Waals surface area contributed by atoms with Crippen LogP contribution >= 0.6 is 11.8 Å². The fourth-order valence-corrected chi connectivity index (χ4v) is 3.81. The lowest BCUT2D eigenvalue weighted by molar-refractivity contribution is 0.468. The van der Waals surface area contributed by atoms with Crippen LogP contribution in [0.2, 0.25) is 0 Å². The summed E-state index contributed by atoms with van der Waals surface area (Å²) in [4.78, 5) is 16.5. The SMILES string of the molecule is CCc1ccc(-c2nc(SCc3cc(=O)oc4c(C)c(O)ccc34)n[nH]2)cc1. The molecule has 28 heavy (non-hydrogen) atoms. The van der Waals surface area contributed by atoms with E-state index in [9.17, 15) is 9.90 Å². The number of thioether (sulfide) groups is 1. The summed E-state index contributed by atoms with van der Waals surface area (Å²) >= 11 is 1.43. The van der Waals surface area contributed by atoms with Gasteiger partial charge in [0.1, 0.15) is 11.3 Å². The van der Waals surface area contributed by atoms with Crippen molar-refractivity contribution >= 4 is 22.7 Å². The molecule has 0 radical (unpaired) electrons. The summed E-state index contributed by atoms with van der Waals surface area (Å²) in [6, 6.07) is 13.1. The van der Waals surface area contributed by atoms with Crippen LogP contribution in [0.15, 0.2) is 56.8 Å². The molecule has 0 amide bonds. The van der Waals surface area contributed by atoms with Gasteiger partial charge in [0.15, 0.2) is 5.82 Å². The summed E-state index contributed by atoms with van der Waals surface area (Å²) in [5.41, 5.74) is 3.59. The molecule has 0 atom stereocenters. The minimum Gasteiger partial charge on any atom is -0.508 e. The number of aromatic nitrogens is 3. The Balaban J connectivity index is 1.58. The standard InChI is InChI=1S/C21H19N3O3S/c1-3-13-4-6-14(7-5-13)20-22-21(24-23-20)28-11-15-10-18(26)27-19-12(2)17(25)9-8-16(15)19/h4-10,25H,3,11H2,1-2H3,(H,22,23,24). The second kappa shape index (κ2) is 7.52. The van der Waals surface area contributed by atoms with E-state index in [1.54, 1.807) is 19.1 Å². The van der Waals surface area contributed by atoms with Crippen molar-refractivity contribution in [3.8, 4) is 17.1 Å². The zero-order valence-corrected chi connectivity index (χ0v) is 16.3. The molecule has 0 spiro atoms. The van der Waals surface area contributed by atoms with Crippen LogP contribution in [0, 0.1) is 6.92 Å². The molecule has 4 rings (SSSR count). The van der Waals surface area contributed by atoms with Crippen molar-refractivity contribution in [3.05, 3.63) is 69.6 Å². The smallest absolute Gasteiger partial charge is 0.336 e. The highest BCUT2D eigenvalue weighted by atomic mass is 32.2. The molecule has 0 saturated carbocycles. The number of phenols is 1. The van der Waals surface area contributed by atoms with Crippen molar-refractivity contribution < 1.29 is 9.52 Å². The van der Waals surface area contributed by atoms with Crippen molar-refractivity contribution in [2.45, 2.75) is 31.2 Å². The molecule has 0 unspecified atom stereocenters. The zero-order valence-electron chi connectivity index (χ0n) is 15.5. The summed E-state index contributed by atoms with van der Waals surface area (Å²) in [7, 11) is 0. The van der Waals surface area contributed by atoms with Crippen molar-refractivity contribution in [1.29, 1.82) is 0 Å². The number of aryl methyl sites for hydroxylation is 2. The highest BCUT2D eigenvalue weighted by Gasteiger charge is 2.12. The van der Waals surface area contributed by atoms with Gasteiger partial charge in [0.05, 0.1) is 0 Å². The maximum atomic E-state index is 11.9. The van der Waals surface area contributed by atoms with Crippen molar-refractivity contribution in [3.63, 3.8) is 0 Å². The molecule has 2 aromatic carbocycles. The number of hydrogen-bond acceptors (Lipinski definition) is 6. The Kier molecular flexibility index (Phi) is 4.92. The third-order valence-electron chi connectivity index (χ3n) is 4.68. The first kappa shape index (κ1) is 18.3. The normalized spacial score (nSPS) is 11.2. The third-order valence-corrected chi connectivity index (χ3v) is 5.57. The maximum Gasteiger partial charge on any atom is 0.336 e. The predicted octanol–water partition coefficient (Wildman–Crippen LogP) is 4.45.